The van der Waals surface area contributed by atoms with Gasteiger partial charge in [-0.05, 0) is 24.1 Å². The number of likely N-dealkylation sites (tertiary alicyclic amines) is 1. The Hall–Kier alpha value is -1.59. The Morgan fingerprint density at radius 3 is 2.70 bits per heavy atom. The normalized spacial score (nSPS) is 25.6. The number of hydrogen-bond acceptors (Lipinski definition) is 3. The van der Waals surface area contributed by atoms with E-state index in [9.17, 15) is 9.59 Å². The topological polar surface area (TPSA) is 49.9 Å². The van der Waals surface area contributed by atoms with Crippen molar-refractivity contribution in [3.8, 4) is 0 Å². The fourth-order valence-electron chi connectivity index (χ4n) is 3.14. The number of nitrogens with zero attached hydrogens (tertiary/aromatic N) is 2. The van der Waals surface area contributed by atoms with Crippen molar-refractivity contribution in [2.24, 2.45) is 5.92 Å². The number of amides is 2. The van der Waals surface area contributed by atoms with Crippen LogP contribution in [0.25, 0.3) is 0 Å². The van der Waals surface area contributed by atoms with Gasteiger partial charge in [-0.15, -0.1) is 0 Å². The summed E-state index contributed by atoms with van der Waals surface area (Å²) >= 11 is 5.92. The van der Waals surface area contributed by atoms with Crippen molar-refractivity contribution in [1.29, 1.82) is 0 Å². The number of piperidine rings is 1. The monoisotopic (exact) mass is 336 g/mol. The van der Waals surface area contributed by atoms with Crippen LogP contribution in [0.2, 0.25) is 5.02 Å². The van der Waals surface area contributed by atoms with Crippen LogP contribution < -0.4 is 0 Å². The molecule has 6 heteroatoms. The lowest BCUT2D eigenvalue weighted by atomic mass is 9.94. The first-order valence-corrected chi connectivity index (χ1v) is 8.32. The lowest BCUT2D eigenvalue weighted by Gasteiger charge is -2.37. The van der Waals surface area contributed by atoms with Crippen LogP contribution in [0.1, 0.15) is 24.5 Å². The molecule has 2 amide bonds. The lowest BCUT2D eigenvalue weighted by Crippen LogP contribution is -2.48. The smallest absolute Gasteiger partial charge is 0.226 e. The fourth-order valence-corrected chi connectivity index (χ4v) is 3.27. The second-order valence-corrected chi connectivity index (χ2v) is 6.64. The van der Waals surface area contributed by atoms with Crippen molar-refractivity contribution >= 4 is 23.4 Å². The average Bonchev–Trinajstić information content (AvgIpc) is 2.57. The minimum absolute atomic E-state index is 0.0529. The highest BCUT2D eigenvalue weighted by Gasteiger charge is 2.34. The van der Waals surface area contributed by atoms with Crippen LogP contribution in [0.3, 0.4) is 0 Å². The summed E-state index contributed by atoms with van der Waals surface area (Å²) in [7, 11) is 1.79. The minimum atomic E-state index is -0.192. The molecular formula is C17H21ClN2O3. The Morgan fingerprint density at radius 1 is 1.26 bits per heavy atom. The second-order valence-electron chi connectivity index (χ2n) is 6.20. The SMILES string of the molecule is CN1CC[C@H](C(=O)N2CCO[C@H](c3ccc(Cl)cc3)C2)CC1=O. The zero-order valence-corrected chi connectivity index (χ0v) is 14.0. The van der Waals surface area contributed by atoms with E-state index in [0.29, 0.717) is 37.7 Å². The van der Waals surface area contributed by atoms with E-state index >= 15 is 0 Å². The highest BCUT2D eigenvalue weighted by molar-refractivity contribution is 6.30. The first-order valence-electron chi connectivity index (χ1n) is 7.94. The molecule has 0 radical (unpaired) electrons. The maximum atomic E-state index is 12.7. The Kier molecular flexibility index (Phi) is 4.87. The second kappa shape index (κ2) is 6.89. The Balaban J connectivity index is 1.65. The molecule has 2 atom stereocenters. The highest BCUT2D eigenvalue weighted by Crippen LogP contribution is 2.26. The number of benzene rings is 1. The number of hydrogen-bond donors (Lipinski definition) is 0. The fraction of sp³-hybridized carbons (Fsp3) is 0.529. The molecule has 0 aliphatic carbocycles. The number of rotatable bonds is 2. The van der Waals surface area contributed by atoms with Crippen LogP contribution in [0.15, 0.2) is 24.3 Å². The molecule has 5 nitrogen and oxygen atoms in total. The molecule has 0 spiro atoms. The molecule has 2 saturated heterocycles. The molecular weight excluding hydrogens is 316 g/mol. The van der Waals surface area contributed by atoms with Crippen LogP contribution in [0.5, 0.6) is 0 Å². The largest absolute Gasteiger partial charge is 0.370 e. The summed E-state index contributed by atoms with van der Waals surface area (Å²) in [6, 6.07) is 7.52. The summed E-state index contributed by atoms with van der Waals surface area (Å²) in [4.78, 5) is 28.1. The molecule has 0 aromatic heterocycles. The summed E-state index contributed by atoms with van der Waals surface area (Å²) in [6.45, 7) is 2.28. The average molecular weight is 337 g/mol. The van der Waals surface area contributed by atoms with Crippen LogP contribution in [-0.4, -0.2) is 54.9 Å². The van der Waals surface area contributed by atoms with Crippen molar-refractivity contribution in [2.75, 3.05) is 33.3 Å². The Labute approximate surface area is 141 Å². The first kappa shape index (κ1) is 16.3. The molecule has 1 aromatic rings. The van der Waals surface area contributed by atoms with E-state index < -0.39 is 0 Å². The van der Waals surface area contributed by atoms with Crippen molar-refractivity contribution in [3.05, 3.63) is 34.9 Å². The van der Waals surface area contributed by atoms with Gasteiger partial charge in [0, 0.05) is 37.5 Å². The zero-order chi connectivity index (χ0) is 16.4. The molecule has 0 saturated carbocycles. The van der Waals surface area contributed by atoms with Crippen molar-refractivity contribution in [3.63, 3.8) is 0 Å². The van der Waals surface area contributed by atoms with E-state index in [2.05, 4.69) is 0 Å². The summed E-state index contributed by atoms with van der Waals surface area (Å²) in [6.07, 6.45) is 0.925. The van der Waals surface area contributed by atoms with Crippen molar-refractivity contribution in [2.45, 2.75) is 18.9 Å². The van der Waals surface area contributed by atoms with Gasteiger partial charge < -0.3 is 14.5 Å². The van der Waals surface area contributed by atoms with Gasteiger partial charge in [0.15, 0.2) is 0 Å². The molecule has 1 aromatic carbocycles. The van der Waals surface area contributed by atoms with E-state index in [1.807, 2.05) is 29.2 Å². The quantitative estimate of drug-likeness (QED) is 0.831. The first-order chi connectivity index (χ1) is 11.0. The third-order valence-electron chi connectivity index (χ3n) is 4.63. The number of ether oxygens (including phenoxy) is 1. The number of carbonyl (C=O) groups excluding carboxylic acids is 2. The van der Waals surface area contributed by atoms with Gasteiger partial charge in [-0.2, -0.15) is 0 Å². The number of halogens is 1. The van der Waals surface area contributed by atoms with Crippen LogP contribution in [0.4, 0.5) is 0 Å². The van der Waals surface area contributed by atoms with E-state index in [1.165, 1.54) is 0 Å². The Bertz CT molecular complexity index is 590. The maximum Gasteiger partial charge on any atom is 0.226 e. The van der Waals surface area contributed by atoms with Gasteiger partial charge in [-0.3, -0.25) is 9.59 Å². The predicted molar refractivity (Wildman–Crippen MR) is 87.1 cm³/mol. The van der Waals surface area contributed by atoms with E-state index in [1.54, 1.807) is 11.9 Å². The van der Waals surface area contributed by atoms with Gasteiger partial charge in [-0.1, -0.05) is 23.7 Å². The highest BCUT2D eigenvalue weighted by atomic mass is 35.5. The predicted octanol–water partition coefficient (Wildman–Crippen LogP) is 2.11. The van der Waals surface area contributed by atoms with Gasteiger partial charge >= 0.3 is 0 Å². The maximum absolute atomic E-state index is 12.7. The van der Waals surface area contributed by atoms with E-state index in [-0.39, 0.29) is 23.8 Å². The summed E-state index contributed by atoms with van der Waals surface area (Å²) in [5.74, 6) is -0.0616. The van der Waals surface area contributed by atoms with Gasteiger partial charge in [0.25, 0.3) is 0 Å². The molecule has 2 aliphatic rings. The van der Waals surface area contributed by atoms with Crippen molar-refractivity contribution in [1.82, 2.24) is 9.80 Å². The minimum Gasteiger partial charge on any atom is -0.370 e. The van der Waals surface area contributed by atoms with Crippen molar-refractivity contribution < 1.29 is 14.3 Å². The summed E-state index contributed by atoms with van der Waals surface area (Å²) in [5, 5.41) is 0.683. The van der Waals surface area contributed by atoms with Gasteiger partial charge in [0.1, 0.15) is 6.10 Å². The molecule has 3 rings (SSSR count). The van der Waals surface area contributed by atoms with E-state index in [4.69, 9.17) is 16.3 Å². The molecule has 0 N–H and O–H groups in total. The molecule has 0 unspecified atom stereocenters. The molecule has 2 heterocycles. The van der Waals surface area contributed by atoms with Crippen LogP contribution in [0, 0.1) is 5.92 Å². The van der Waals surface area contributed by atoms with Crippen LogP contribution in [-0.2, 0) is 14.3 Å². The molecule has 0 bridgehead atoms. The molecule has 23 heavy (non-hydrogen) atoms. The lowest BCUT2D eigenvalue weighted by molar-refractivity contribution is -0.149. The number of carbonyl (C=O) groups is 2. The third kappa shape index (κ3) is 3.67. The number of morpholine rings is 1. The molecule has 2 fully saturated rings. The van der Waals surface area contributed by atoms with Gasteiger partial charge in [-0.25, -0.2) is 0 Å². The van der Waals surface area contributed by atoms with Gasteiger partial charge in [0.2, 0.25) is 11.8 Å². The Morgan fingerprint density at radius 2 is 2.00 bits per heavy atom. The third-order valence-corrected chi connectivity index (χ3v) is 4.88. The standard InChI is InChI=1S/C17H21ClN2O3/c1-19-7-6-13(10-16(19)21)17(22)20-8-9-23-15(11-20)12-2-4-14(18)5-3-12/h2-5,13,15H,6-11H2,1H3/t13-,15-/m0/s1. The molecule has 124 valence electrons. The summed E-state index contributed by atoms with van der Waals surface area (Å²) in [5.41, 5.74) is 1.02. The zero-order valence-electron chi connectivity index (χ0n) is 13.2. The molecule has 2 aliphatic heterocycles. The summed E-state index contributed by atoms with van der Waals surface area (Å²) < 4.78 is 5.80. The van der Waals surface area contributed by atoms with Gasteiger partial charge in [0.05, 0.1) is 13.2 Å². The van der Waals surface area contributed by atoms with Crippen LogP contribution >= 0.6 is 11.6 Å². The van der Waals surface area contributed by atoms with E-state index in [0.717, 1.165) is 12.0 Å².